The van der Waals surface area contributed by atoms with Crippen LogP contribution in [0.25, 0.3) is 0 Å². The number of aliphatic hydroxyl groups is 1. The lowest BCUT2D eigenvalue weighted by atomic mass is 10.2. The van der Waals surface area contributed by atoms with E-state index in [2.05, 4.69) is 4.74 Å². The molecule has 0 spiro atoms. The van der Waals surface area contributed by atoms with Gasteiger partial charge in [0.1, 0.15) is 12.6 Å². The smallest absolute Gasteiger partial charge is 0.410 e. The molecule has 1 heterocycles. The van der Waals surface area contributed by atoms with E-state index in [1.807, 2.05) is 0 Å². The van der Waals surface area contributed by atoms with E-state index in [1.54, 1.807) is 0 Å². The number of ether oxygens (including phenoxy) is 1. The van der Waals surface area contributed by atoms with Gasteiger partial charge in [-0.25, -0.2) is 4.79 Å². The van der Waals surface area contributed by atoms with E-state index in [0.29, 0.717) is 13.0 Å². The minimum atomic E-state index is -0.583. The van der Waals surface area contributed by atoms with Crippen molar-refractivity contribution < 1.29 is 19.4 Å². The predicted molar refractivity (Wildman–Crippen MR) is 47.4 cm³/mol. The zero-order valence-corrected chi connectivity index (χ0v) is 7.81. The van der Waals surface area contributed by atoms with Gasteiger partial charge in [0, 0.05) is 6.54 Å². The molecular formula is C8H14N2O4. The van der Waals surface area contributed by atoms with Crippen LogP contribution in [0.5, 0.6) is 0 Å². The number of hydrogen-bond acceptors (Lipinski definition) is 4. The number of rotatable bonds is 3. The van der Waals surface area contributed by atoms with Crippen LogP contribution in [-0.4, -0.2) is 47.8 Å². The molecule has 1 rings (SSSR count). The molecule has 0 aliphatic carbocycles. The van der Waals surface area contributed by atoms with Crippen molar-refractivity contribution in [3.05, 3.63) is 0 Å². The molecular weight excluding hydrogens is 188 g/mol. The summed E-state index contributed by atoms with van der Waals surface area (Å²) in [6.45, 7) is 0.208. The number of likely N-dealkylation sites (tertiary alicyclic amines) is 1. The molecule has 0 radical (unpaired) electrons. The van der Waals surface area contributed by atoms with E-state index in [1.165, 1.54) is 4.90 Å². The Morgan fingerprint density at radius 2 is 2.29 bits per heavy atom. The van der Waals surface area contributed by atoms with Gasteiger partial charge >= 0.3 is 6.09 Å². The first-order valence-electron chi connectivity index (χ1n) is 4.50. The van der Waals surface area contributed by atoms with E-state index in [4.69, 9.17) is 10.8 Å². The molecule has 1 atom stereocenters. The molecule has 6 nitrogen and oxygen atoms in total. The van der Waals surface area contributed by atoms with Crippen molar-refractivity contribution in [3.8, 4) is 0 Å². The predicted octanol–water partition coefficient (Wildman–Crippen LogP) is -0.935. The number of nitrogens with zero attached hydrogens (tertiary/aromatic N) is 1. The minimum absolute atomic E-state index is 0.0547. The Hall–Kier alpha value is -1.30. The average molecular weight is 202 g/mol. The van der Waals surface area contributed by atoms with Crippen molar-refractivity contribution in [2.75, 3.05) is 19.8 Å². The van der Waals surface area contributed by atoms with E-state index in [0.717, 1.165) is 6.42 Å². The number of primary amides is 1. The van der Waals surface area contributed by atoms with Gasteiger partial charge < -0.3 is 15.6 Å². The number of aliphatic hydroxyl groups excluding tert-OH is 1. The van der Waals surface area contributed by atoms with Crippen LogP contribution in [-0.2, 0) is 9.53 Å². The molecule has 14 heavy (non-hydrogen) atoms. The third-order valence-electron chi connectivity index (χ3n) is 2.13. The highest BCUT2D eigenvalue weighted by molar-refractivity contribution is 5.84. The highest BCUT2D eigenvalue weighted by atomic mass is 16.6. The monoisotopic (exact) mass is 202 g/mol. The Labute approximate surface area is 81.6 Å². The molecule has 1 aliphatic heterocycles. The zero-order valence-electron chi connectivity index (χ0n) is 7.81. The summed E-state index contributed by atoms with van der Waals surface area (Å²) in [6, 6.07) is -0.554. The third kappa shape index (κ3) is 2.35. The van der Waals surface area contributed by atoms with Gasteiger partial charge in [-0.1, -0.05) is 0 Å². The molecule has 0 saturated carbocycles. The summed E-state index contributed by atoms with van der Waals surface area (Å²) in [5, 5.41) is 8.45. The van der Waals surface area contributed by atoms with Crippen molar-refractivity contribution >= 4 is 12.0 Å². The van der Waals surface area contributed by atoms with Gasteiger partial charge in [0.05, 0.1) is 6.61 Å². The maximum absolute atomic E-state index is 11.3. The fraction of sp³-hybridized carbons (Fsp3) is 0.750. The molecule has 1 fully saturated rings. The van der Waals surface area contributed by atoms with Crippen LogP contribution in [0.15, 0.2) is 0 Å². The summed E-state index contributed by atoms with van der Waals surface area (Å²) >= 11 is 0. The molecule has 80 valence electrons. The van der Waals surface area contributed by atoms with E-state index in [9.17, 15) is 9.59 Å². The SMILES string of the molecule is NC(=O)C1CCCN1C(=O)OCCO. The van der Waals surface area contributed by atoms with Crippen molar-refractivity contribution in [3.63, 3.8) is 0 Å². The van der Waals surface area contributed by atoms with E-state index >= 15 is 0 Å². The molecule has 2 amide bonds. The first-order valence-corrected chi connectivity index (χ1v) is 4.50. The van der Waals surface area contributed by atoms with Crippen LogP contribution in [0.3, 0.4) is 0 Å². The second kappa shape index (κ2) is 4.80. The summed E-state index contributed by atoms with van der Waals surface area (Å²) in [6.07, 6.45) is 0.756. The fourth-order valence-electron chi connectivity index (χ4n) is 1.50. The van der Waals surface area contributed by atoms with Crippen molar-refractivity contribution in [2.45, 2.75) is 18.9 Å². The first kappa shape index (κ1) is 10.8. The number of carbonyl (C=O) groups is 2. The summed E-state index contributed by atoms with van der Waals surface area (Å²) < 4.78 is 4.68. The lowest BCUT2D eigenvalue weighted by molar-refractivity contribution is -0.121. The average Bonchev–Trinajstić information content (AvgIpc) is 2.62. The number of amides is 2. The molecule has 1 saturated heterocycles. The lowest BCUT2D eigenvalue weighted by Gasteiger charge is -2.20. The highest BCUT2D eigenvalue weighted by Crippen LogP contribution is 2.17. The molecule has 0 aromatic carbocycles. The Bertz CT molecular complexity index is 231. The Kier molecular flexibility index (Phi) is 3.70. The third-order valence-corrected chi connectivity index (χ3v) is 2.13. The standard InChI is InChI=1S/C8H14N2O4/c9-7(12)6-2-1-3-10(6)8(13)14-5-4-11/h6,11H,1-5H2,(H2,9,12). The fourth-order valence-corrected chi connectivity index (χ4v) is 1.50. The van der Waals surface area contributed by atoms with Gasteiger partial charge in [0.2, 0.25) is 5.91 Å². The maximum atomic E-state index is 11.3. The lowest BCUT2D eigenvalue weighted by Crippen LogP contribution is -2.44. The molecule has 1 unspecified atom stereocenters. The second-order valence-corrected chi connectivity index (χ2v) is 3.09. The number of hydrogen-bond donors (Lipinski definition) is 2. The molecule has 1 aliphatic rings. The van der Waals surface area contributed by atoms with Crippen LogP contribution in [0, 0.1) is 0 Å². The van der Waals surface area contributed by atoms with Gasteiger partial charge in [-0.3, -0.25) is 9.69 Å². The van der Waals surface area contributed by atoms with Crippen LogP contribution in [0.2, 0.25) is 0 Å². The van der Waals surface area contributed by atoms with E-state index < -0.39 is 18.0 Å². The van der Waals surface area contributed by atoms with Gasteiger partial charge in [-0.15, -0.1) is 0 Å². The zero-order chi connectivity index (χ0) is 10.6. The number of carbonyl (C=O) groups excluding carboxylic acids is 2. The van der Waals surface area contributed by atoms with Crippen LogP contribution >= 0.6 is 0 Å². The van der Waals surface area contributed by atoms with Crippen LogP contribution in [0.4, 0.5) is 4.79 Å². The minimum Gasteiger partial charge on any atom is -0.447 e. The summed E-state index contributed by atoms with van der Waals surface area (Å²) in [5.41, 5.74) is 5.12. The molecule has 0 aromatic rings. The molecule has 3 N–H and O–H groups in total. The van der Waals surface area contributed by atoms with Gasteiger partial charge in [-0.2, -0.15) is 0 Å². The van der Waals surface area contributed by atoms with Crippen molar-refractivity contribution in [1.82, 2.24) is 4.90 Å². The van der Waals surface area contributed by atoms with Gasteiger partial charge in [0.25, 0.3) is 0 Å². The Balaban J connectivity index is 2.49. The van der Waals surface area contributed by atoms with Crippen molar-refractivity contribution in [2.24, 2.45) is 5.73 Å². The maximum Gasteiger partial charge on any atom is 0.410 e. The second-order valence-electron chi connectivity index (χ2n) is 3.09. The molecule has 6 heteroatoms. The summed E-state index contributed by atoms with van der Waals surface area (Å²) in [7, 11) is 0. The largest absolute Gasteiger partial charge is 0.447 e. The molecule has 0 aromatic heterocycles. The first-order chi connectivity index (χ1) is 6.66. The quantitative estimate of drug-likeness (QED) is 0.618. The van der Waals surface area contributed by atoms with Crippen molar-refractivity contribution in [1.29, 1.82) is 0 Å². The van der Waals surface area contributed by atoms with Crippen LogP contribution in [0.1, 0.15) is 12.8 Å². The highest BCUT2D eigenvalue weighted by Gasteiger charge is 2.33. The number of nitrogens with two attached hydrogens (primary N) is 1. The Morgan fingerprint density at radius 3 is 2.86 bits per heavy atom. The summed E-state index contributed by atoms with van der Waals surface area (Å²) in [4.78, 5) is 23.5. The normalized spacial score (nSPS) is 20.9. The Morgan fingerprint density at radius 1 is 1.57 bits per heavy atom. The topological polar surface area (TPSA) is 92.9 Å². The van der Waals surface area contributed by atoms with Gasteiger partial charge in [-0.05, 0) is 12.8 Å². The van der Waals surface area contributed by atoms with E-state index in [-0.39, 0.29) is 13.2 Å². The molecule has 0 bridgehead atoms. The van der Waals surface area contributed by atoms with Gasteiger partial charge in [0.15, 0.2) is 0 Å². The van der Waals surface area contributed by atoms with Crippen LogP contribution < -0.4 is 5.73 Å². The summed E-state index contributed by atoms with van der Waals surface area (Å²) in [5.74, 6) is -0.511.